The predicted octanol–water partition coefficient (Wildman–Crippen LogP) is 3.81. The lowest BCUT2D eigenvalue weighted by atomic mass is 10.1. The van der Waals surface area contributed by atoms with Crippen LogP contribution in [-0.4, -0.2) is 47.0 Å². The number of carbonyl (C=O) groups is 1. The molecule has 1 N–H and O–H groups in total. The van der Waals surface area contributed by atoms with Crippen LogP contribution in [0.1, 0.15) is 41.7 Å². The van der Waals surface area contributed by atoms with Crippen molar-refractivity contribution in [1.29, 1.82) is 0 Å². The number of carbonyl (C=O) groups excluding carboxylic acids is 1. The second-order valence-electron chi connectivity index (χ2n) is 7.67. The van der Waals surface area contributed by atoms with Gasteiger partial charge in [-0.05, 0) is 62.2 Å². The molecule has 1 fully saturated rings. The summed E-state index contributed by atoms with van der Waals surface area (Å²) in [7, 11) is 0. The van der Waals surface area contributed by atoms with Gasteiger partial charge in [-0.3, -0.25) is 9.78 Å². The van der Waals surface area contributed by atoms with Gasteiger partial charge in [0.15, 0.2) is 0 Å². The first-order chi connectivity index (χ1) is 14.8. The number of likely N-dealkylation sites (tertiary alicyclic amines) is 1. The molecule has 0 spiro atoms. The third-order valence-corrected chi connectivity index (χ3v) is 5.39. The molecule has 0 bridgehead atoms. The number of nitrogens with one attached hydrogen (secondary N) is 1. The van der Waals surface area contributed by atoms with Gasteiger partial charge in [0.1, 0.15) is 11.4 Å². The molecule has 0 saturated carbocycles. The fourth-order valence-electron chi connectivity index (χ4n) is 3.70. The van der Waals surface area contributed by atoms with Crippen molar-refractivity contribution < 1.29 is 9.53 Å². The molecule has 2 heterocycles. The zero-order valence-corrected chi connectivity index (χ0v) is 17.2. The minimum Gasteiger partial charge on any atom is -0.494 e. The van der Waals surface area contributed by atoms with E-state index in [0.29, 0.717) is 17.8 Å². The Kier molecular flexibility index (Phi) is 6.87. The molecule has 1 aromatic heterocycles. The lowest BCUT2D eigenvalue weighted by Crippen LogP contribution is -2.31. The zero-order chi connectivity index (χ0) is 20.6. The van der Waals surface area contributed by atoms with Crippen molar-refractivity contribution in [3.05, 3.63) is 66.0 Å². The quantitative estimate of drug-likeness (QED) is 0.578. The molecule has 0 radical (unpaired) electrons. The first-order valence-electron chi connectivity index (χ1n) is 10.7. The zero-order valence-electron chi connectivity index (χ0n) is 17.2. The summed E-state index contributed by atoms with van der Waals surface area (Å²) in [6, 6.07) is 15.4. The van der Waals surface area contributed by atoms with Crippen LogP contribution in [-0.2, 0) is 6.54 Å². The van der Waals surface area contributed by atoms with E-state index in [1.165, 1.54) is 38.5 Å². The number of para-hydroxylation sites is 2. The van der Waals surface area contributed by atoms with E-state index in [4.69, 9.17) is 4.74 Å². The van der Waals surface area contributed by atoms with Crippen molar-refractivity contribution in [3.63, 3.8) is 0 Å². The maximum atomic E-state index is 12.4. The van der Waals surface area contributed by atoms with E-state index < -0.39 is 0 Å². The van der Waals surface area contributed by atoms with Crippen LogP contribution >= 0.6 is 0 Å². The van der Waals surface area contributed by atoms with E-state index in [1.54, 1.807) is 0 Å². The number of hydrogen-bond acceptors (Lipinski definition) is 5. The molecule has 1 amide bonds. The molecule has 4 rings (SSSR count). The SMILES string of the molecule is O=C(NCc1ccc(OCCCN2CCCCC2)cc1)c1cnc2ccccc2n1. The van der Waals surface area contributed by atoms with Crippen LogP contribution in [0.2, 0.25) is 0 Å². The van der Waals surface area contributed by atoms with E-state index in [1.807, 2.05) is 48.5 Å². The van der Waals surface area contributed by atoms with Crippen LogP contribution in [0.3, 0.4) is 0 Å². The minimum absolute atomic E-state index is 0.230. The summed E-state index contributed by atoms with van der Waals surface area (Å²) in [6.45, 7) is 4.73. The first kappa shape index (κ1) is 20.3. The Bertz CT molecular complexity index is 968. The highest BCUT2D eigenvalue weighted by atomic mass is 16.5. The van der Waals surface area contributed by atoms with Crippen LogP contribution in [0, 0.1) is 0 Å². The van der Waals surface area contributed by atoms with E-state index in [0.717, 1.165) is 36.4 Å². The molecule has 3 aromatic rings. The lowest BCUT2D eigenvalue weighted by molar-refractivity contribution is 0.0946. The Morgan fingerprint density at radius 3 is 2.57 bits per heavy atom. The fraction of sp³-hybridized carbons (Fsp3) is 0.375. The molecule has 6 heteroatoms. The number of rotatable bonds is 8. The monoisotopic (exact) mass is 404 g/mol. The number of benzene rings is 2. The molecule has 6 nitrogen and oxygen atoms in total. The summed E-state index contributed by atoms with van der Waals surface area (Å²) >= 11 is 0. The number of fused-ring (bicyclic) bond motifs is 1. The van der Waals surface area contributed by atoms with Gasteiger partial charge in [0.25, 0.3) is 5.91 Å². The molecule has 30 heavy (non-hydrogen) atoms. The fourth-order valence-corrected chi connectivity index (χ4v) is 3.70. The Labute approximate surface area is 177 Å². The summed E-state index contributed by atoms with van der Waals surface area (Å²) in [6.07, 6.45) is 6.58. The third kappa shape index (κ3) is 5.54. The molecule has 0 atom stereocenters. The van der Waals surface area contributed by atoms with Gasteiger partial charge in [-0.25, -0.2) is 4.98 Å². The highest BCUT2D eigenvalue weighted by molar-refractivity contribution is 5.93. The normalized spacial score (nSPS) is 14.5. The maximum absolute atomic E-state index is 12.4. The smallest absolute Gasteiger partial charge is 0.271 e. The van der Waals surface area contributed by atoms with Crippen molar-refractivity contribution in [2.45, 2.75) is 32.2 Å². The Hall–Kier alpha value is -2.99. The van der Waals surface area contributed by atoms with E-state index in [9.17, 15) is 4.79 Å². The van der Waals surface area contributed by atoms with Gasteiger partial charge in [0.2, 0.25) is 0 Å². The lowest BCUT2D eigenvalue weighted by Gasteiger charge is -2.26. The highest BCUT2D eigenvalue weighted by Crippen LogP contribution is 2.14. The summed E-state index contributed by atoms with van der Waals surface area (Å²) in [5.74, 6) is 0.635. The van der Waals surface area contributed by atoms with Gasteiger partial charge in [-0.1, -0.05) is 30.7 Å². The summed E-state index contributed by atoms with van der Waals surface area (Å²) in [5, 5.41) is 2.90. The molecule has 1 saturated heterocycles. The van der Waals surface area contributed by atoms with Gasteiger partial charge in [0, 0.05) is 13.1 Å². The second kappa shape index (κ2) is 10.2. The van der Waals surface area contributed by atoms with Gasteiger partial charge in [-0.2, -0.15) is 0 Å². The van der Waals surface area contributed by atoms with Crippen molar-refractivity contribution in [3.8, 4) is 5.75 Å². The molecular formula is C24H28N4O2. The topological polar surface area (TPSA) is 67.3 Å². The van der Waals surface area contributed by atoms with Gasteiger partial charge >= 0.3 is 0 Å². The number of amides is 1. The van der Waals surface area contributed by atoms with Crippen molar-refractivity contribution >= 4 is 16.9 Å². The summed E-state index contributed by atoms with van der Waals surface area (Å²) in [4.78, 5) is 23.6. The molecule has 2 aromatic carbocycles. The third-order valence-electron chi connectivity index (χ3n) is 5.39. The molecule has 156 valence electrons. The maximum Gasteiger partial charge on any atom is 0.271 e. The van der Waals surface area contributed by atoms with Crippen LogP contribution < -0.4 is 10.1 Å². The molecular weight excluding hydrogens is 376 g/mol. The second-order valence-corrected chi connectivity index (χ2v) is 7.67. The summed E-state index contributed by atoms with van der Waals surface area (Å²) in [5.41, 5.74) is 2.83. The Balaban J connectivity index is 1.21. The van der Waals surface area contributed by atoms with Crippen LogP contribution in [0.15, 0.2) is 54.7 Å². The largest absolute Gasteiger partial charge is 0.494 e. The minimum atomic E-state index is -0.230. The number of ether oxygens (including phenoxy) is 1. The molecule has 0 aliphatic carbocycles. The number of piperidine rings is 1. The number of aromatic nitrogens is 2. The van der Waals surface area contributed by atoms with Gasteiger partial charge in [0.05, 0.1) is 23.8 Å². The van der Waals surface area contributed by atoms with E-state index in [2.05, 4.69) is 20.2 Å². The number of nitrogens with zero attached hydrogens (tertiary/aromatic N) is 3. The Morgan fingerprint density at radius 1 is 1.00 bits per heavy atom. The number of hydrogen-bond donors (Lipinski definition) is 1. The Morgan fingerprint density at radius 2 is 1.77 bits per heavy atom. The van der Waals surface area contributed by atoms with Crippen LogP contribution in [0.4, 0.5) is 0 Å². The van der Waals surface area contributed by atoms with E-state index in [-0.39, 0.29) is 5.91 Å². The average Bonchev–Trinajstić information content (AvgIpc) is 2.81. The van der Waals surface area contributed by atoms with Gasteiger partial charge < -0.3 is 15.0 Å². The predicted molar refractivity (Wildman–Crippen MR) is 118 cm³/mol. The van der Waals surface area contributed by atoms with Crippen molar-refractivity contribution in [2.75, 3.05) is 26.2 Å². The van der Waals surface area contributed by atoms with Crippen molar-refractivity contribution in [2.24, 2.45) is 0 Å². The van der Waals surface area contributed by atoms with Gasteiger partial charge in [-0.15, -0.1) is 0 Å². The molecule has 0 unspecified atom stereocenters. The molecule has 1 aliphatic heterocycles. The highest BCUT2D eigenvalue weighted by Gasteiger charge is 2.10. The van der Waals surface area contributed by atoms with E-state index >= 15 is 0 Å². The first-order valence-corrected chi connectivity index (χ1v) is 10.7. The average molecular weight is 405 g/mol. The molecule has 1 aliphatic rings. The standard InChI is InChI=1S/C24H28N4O2/c29-24(23-18-25-21-7-2-3-8-22(21)27-23)26-17-19-9-11-20(12-10-19)30-16-6-15-28-13-4-1-5-14-28/h2-3,7-12,18H,1,4-6,13-17H2,(H,26,29). The van der Waals surface area contributed by atoms with Crippen molar-refractivity contribution in [1.82, 2.24) is 20.2 Å². The van der Waals surface area contributed by atoms with Crippen LogP contribution in [0.25, 0.3) is 11.0 Å². The van der Waals surface area contributed by atoms with Crippen LogP contribution in [0.5, 0.6) is 5.75 Å². The summed E-state index contributed by atoms with van der Waals surface area (Å²) < 4.78 is 5.86.